The number of fused-ring (bicyclic) bond motifs is 8. The first-order valence-corrected chi connectivity index (χ1v) is 20.5. The van der Waals surface area contributed by atoms with Crippen molar-refractivity contribution in [2.45, 2.75) is 6.42 Å². The Kier molecular flexibility index (Phi) is 7.92. The van der Waals surface area contributed by atoms with Crippen molar-refractivity contribution in [3.05, 3.63) is 222 Å². The quantitative estimate of drug-likeness (QED) is 0.169. The van der Waals surface area contributed by atoms with E-state index in [0.717, 1.165) is 95.5 Å². The van der Waals surface area contributed by atoms with Crippen LogP contribution in [-0.4, -0.2) is 0 Å². The van der Waals surface area contributed by atoms with Crippen LogP contribution in [0.1, 0.15) is 11.3 Å². The van der Waals surface area contributed by atoms with Crippen molar-refractivity contribution in [2.75, 3.05) is 4.90 Å². The van der Waals surface area contributed by atoms with Gasteiger partial charge in [0.25, 0.3) is 0 Å². The van der Waals surface area contributed by atoms with Crippen molar-refractivity contribution in [1.29, 1.82) is 0 Å². The Morgan fingerprint density at radius 2 is 1.08 bits per heavy atom. The van der Waals surface area contributed by atoms with E-state index in [1.165, 1.54) is 26.8 Å². The molecule has 1 aliphatic rings. The monoisotopic (exact) mass is 767 g/mol. The van der Waals surface area contributed by atoms with Crippen molar-refractivity contribution < 1.29 is 8.83 Å². The van der Waals surface area contributed by atoms with E-state index in [1.807, 2.05) is 12.1 Å². The Bertz CT molecular complexity index is 3580. The molecular formula is C57H37NO2. The second-order valence-corrected chi connectivity index (χ2v) is 15.6. The molecule has 2 aromatic heterocycles. The summed E-state index contributed by atoms with van der Waals surface area (Å²) in [5.41, 5.74) is 14.0. The SMILES string of the molecule is C1=c2ccccc2=Cc2c(oc3cccc(-c4ccccc4N(c4ccc(-c5ccc6oc7ccccc7c6c5)cc4)c4cccc(-c5cccc6ccccc56)c4)c23)C1. The molecule has 0 N–H and O–H groups in total. The lowest BCUT2D eigenvalue weighted by Crippen LogP contribution is -2.22. The number of furan rings is 2. The second kappa shape index (κ2) is 13.9. The summed E-state index contributed by atoms with van der Waals surface area (Å²) in [5.74, 6) is 0.989. The van der Waals surface area contributed by atoms with E-state index in [9.17, 15) is 0 Å². The molecule has 0 spiro atoms. The third-order valence-electron chi connectivity index (χ3n) is 12.1. The highest BCUT2D eigenvalue weighted by molar-refractivity contribution is 6.07. The molecule has 12 rings (SSSR count). The summed E-state index contributed by atoms with van der Waals surface area (Å²) in [6, 6.07) is 71.7. The zero-order chi connectivity index (χ0) is 39.6. The molecule has 0 saturated carbocycles. The van der Waals surface area contributed by atoms with Crippen molar-refractivity contribution >= 4 is 72.9 Å². The molecule has 9 aromatic carbocycles. The van der Waals surface area contributed by atoms with Crippen LogP contribution in [0.2, 0.25) is 0 Å². The molecule has 282 valence electrons. The number of para-hydroxylation sites is 2. The number of hydrogen-bond donors (Lipinski definition) is 0. The van der Waals surface area contributed by atoms with Gasteiger partial charge in [0.2, 0.25) is 0 Å². The highest BCUT2D eigenvalue weighted by atomic mass is 16.3. The second-order valence-electron chi connectivity index (χ2n) is 15.6. The van der Waals surface area contributed by atoms with Crippen molar-refractivity contribution in [3.8, 4) is 33.4 Å². The minimum Gasteiger partial charge on any atom is -0.460 e. The Labute approximate surface area is 347 Å². The predicted molar refractivity (Wildman–Crippen MR) is 249 cm³/mol. The molecule has 0 fully saturated rings. The first-order valence-electron chi connectivity index (χ1n) is 20.5. The average molecular weight is 768 g/mol. The maximum absolute atomic E-state index is 6.65. The third kappa shape index (κ3) is 5.66. The first-order chi connectivity index (χ1) is 29.7. The smallest absolute Gasteiger partial charge is 0.135 e. The molecule has 0 bridgehead atoms. The van der Waals surface area contributed by atoms with Crippen molar-refractivity contribution in [2.24, 2.45) is 0 Å². The van der Waals surface area contributed by atoms with Crippen LogP contribution in [0.25, 0.3) is 89.2 Å². The van der Waals surface area contributed by atoms with E-state index in [4.69, 9.17) is 8.83 Å². The fourth-order valence-corrected chi connectivity index (χ4v) is 9.26. The number of anilines is 3. The highest BCUT2D eigenvalue weighted by Crippen LogP contribution is 2.46. The minimum atomic E-state index is 0.738. The Balaban J connectivity index is 1.04. The number of nitrogens with zero attached hydrogens (tertiary/aromatic N) is 1. The predicted octanol–water partition coefficient (Wildman–Crippen LogP) is 14.1. The van der Waals surface area contributed by atoms with E-state index in [1.54, 1.807) is 0 Å². The standard InChI is InChI=1S/C57H37NO2/c1-2-14-40-36-51-55(32-28-37(40)12-1)60-56-25-11-22-49(57(51)56)47-19-5-7-23-52(47)58(44-17-9-16-42(34-44)46-21-10-15-39-13-3-4-18-45(39)46)43-30-26-38(27-31-43)41-29-33-54-50(35-41)48-20-6-8-24-53(48)59-54/h1-31,33-36H,32H2. The zero-order valence-electron chi connectivity index (χ0n) is 32.7. The number of rotatable bonds is 6. The lowest BCUT2D eigenvalue weighted by Gasteiger charge is -2.28. The van der Waals surface area contributed by atoms with Gasteiger partial charge in [0.05, 0.1) is 5.69 Å². The van der Waals surface area contributed by atoms with Crippen LogP contribution in [-0.2, 0) is 6.42 Å². The molecule has 60 heavy (non-hydrogen) atoms. The third-order valence-corrected chi connectivity index (χ3v) is 12.1. The van der Waals surface area contributed by atoms with Gasteiger partial charge >= 0.3 is 0 Å². The summed E-state index contributed by atoms with van der Waals surface area (Å²) in [7, 11) is 0. The summed E-state index contributed by atoms with van der Waals surface area (Å²) in [6.07, 6.45) is 5.32. The topological polar surface area (TPSA) is 29.5 Å². The van der Waals surface area contributed by atoms with Gasteiger partial charge < -0.3 is 13.7 Å². The summed E-state index contributed by atoms with van der Waals surface area (Å²) in [5, 5.41) is 8.28. The van der Waals surface area contributed by atoms with Crippen LogP contribution >= 0.6 is 0 Å². The molecule has 2 heterocycles. The van der Waals surface area contributed by atoms with Gasteiger partial charge in [-0.2, -0.15) is 0 Å². The summed E-state index contributed by atoms with van der Waals surface area (Å²) in [6.45, 7) is 0. The van der Waals surface area contributed by atoms with Gasteiger partial charge in [0.1, 0.15) is 22.5 Å². The van der Waals surface area contributed by atoms with Gasteiger partial charge in [-0.15, -0.1) is 0 Å². The van der Waals surface area contributed by atoms with Crippen LogP contribution < -0.4 is 15.3 Å². The van der Waals surface area contributed by atoms with Crippen LogP contribution in [0, 0.1) is 0 Å². The maximum Gasteiger partial charge on any atom is 0.135 e. The molecule has 0 amide bonds. The van der Waals surface area contributed by atoms with Gasteiger partial charge in [-0.3, -0.25) is 0 Å². The molecule has 0 aliphatic heterocycles. The Morgan fingerprint density at radius 1 is 0.400 bits per heavy atom. The van der Waals surface area contributed by atoms with Gasteiger partial charge in [-0.1, -0.05) is 152 Å². The van der Waals surface area contributed by atoms with Crippen molar-refractivity contribution in [1.82, 2.24) is 0 Å². The first kappa shape index (κ1) is 34.2. The van der Waals surface area contributed by atoms with Crippen LogP contribution in [0.4, 0.5) is 17.1 Å². The molecule has 3 nitrogen and oxygen atoms in total. The van der Waals surface area contributed by atoms with E-state index < -0.39 is 0 Å². The average Bonchev–Trinajstić information content (AvgIpc) is 3.80. The molecule has 1 aliphatic carbocycles. The summed E-state index contributed by atoms with van der Waals surface area (Å²) < 4.78 is 12.8. The van der Waals surface area contributed by atoms with Gasteiger partial charge in [0, 0.05) is 45.1 Å². The number of hydrogen-bond acceptors (Lipinski definition) is 3. The van der Waals surface area contributed by atoms with Gasteiger partial charge in [-0.05, 0) is 110 Å². The molecule has 0 saturated heterocycles. The highest BCUT2D eigenvalue weighted by Gasteiger charge is 2.23. The fraction of sp³-hybridized carbons (Fsp3) is 0.0175. The van der Waals surface area contributed by atoms with Crippen LogP contribution in [0.3, 0.4) is 0 Å². The minimum absolute atomic E-state index is 0.738. The van der Waals surface area contributed by atoms with Crippen molar-refractivity contribution in [3.63, 3.8) is 0 Å². The summed E-state index contributed by atoms with van der Waals surface area (Å²) in [4.78, 5) is 2.41. The van der Waals surface area contributed by atoms with Crippen LogP contribution in [0.15, 0.2) is 209 Å². The van der Waals surface area contributed by atoms with E-state index in [-0.39, 0.29) is 0 Å². The Hall–Kier alpha value is -7.88. The van der Waals surface area contributed by atoms with E-state index in [0.29, 0.717) is 0 Å². The number of benzene rings is 9. The van der Waals surface area contributed by atoms with Gasteiger partial charge in [-0.25, -0.2) is 0 Å². The largest absolute Gasteiger partial charge is 0.460 e. The maximum atomic E-state index is 6.65. The van der Waals surface area contributed by atoms with Gasteiger partial charge in [0.15, 0.2) is 0 Å². The molecule has 0 radical (unpaired) electrons. The molecule has 11 aromatic rings. The summed E-state index contributed by atoms with van der Waals surface area (Å²) >= 11 is 0. The van der Waals surface area contributed by atoms with E-state index >= 15 is 0 Å². The fourth-order valence-electron chi connectivity index (χ4n) is 9.26. The Morgan fingerprint density at radius 3 is 2.02 bits per heavy atom. The zero-order valence-corrected chi connectivity index (χ0v) is 32.7. The normalized spacial score (nSPS) is 12.2. The lowest BCUT2D eigenvalue weighted by atomic mass is 9.95. The van der Waals surface area contributed by atoms with Crippen LogP contribution in [0.5, 0.6) is 0 Å². The molecule has 0 atom stereocenters. The molecule has 3 heteroatoms. The van der Waals surface area contributed by atoms with E-state index in [2.05, 4.69) is 205 Å². The molecular weight excluding hydrogens is 731 g/mol. The molecule has 0 unspecified atom stereocenters. The lowest BCUT2D eigenvalue weighted by molar-refractivity contribution is 0.568.